The van der Waals surface area contributed by atoms with Crippen molar-refractivity contribution in [3.05, 3.63) is 0 Å². The van der Waals surface area contributed by atoms with E-state index >= 15 is 0 Å². The maximum absolute atomic E-state index is 6.28. The van der Waals surface area contributed by atoms with Crippen LogP contribution in [0.1, 0.15) is 66.7 Å². The zero-order valence-electron chi connectivity index (χ0n) is 13.4. The third kappa shape index (κ3) is 2.75. The molecule has 0 radical (unpaired) electrons. The fourth-order valence-corrected chi connectivity index (χ4v) is 3.85. The molecule has 1 fully saturated rings. The number of hydrogen-bond donors (Lipinski definition) is 1. The number of nitrogens with zero attached hydrogens (tertiary/aromatic N) is 1. The zero-order chi connectivity index (χ0) is 14.0. The van der Waals surface area contributed by atoms with Gasteiger partial charge in [-0.1, -0.05) is 33.6 Å². The molecule has 2 atom stereocenters. The van der Waals surface area contributed by atoms with Gasteiger partial charge in [0.15, 0.2) is 0 Å². The fraction of sp³-hybridized carbons (Fsp3) is 1.00. The first kappa shape index (κ1) is 16.0. The van der Waals surface area contributed by atoms with Crippen molar-refractivity contribution in [3.63, 3.8) is 0 Å². The minimum Gasteiger partial charge on any atom is -0.329 e. The average Bonchev–Trinajstić information content (AvgIpc) is 2.37. The molecule has 1 rings (SSSR count). The quantitative estimate of drug-likeness (QED) is 0.811. The number of nitrogens with two attached hydrogens (primary N) is 1. The van der Waals surface area contributed by atoms with Crippen molar-refractivity contribution in [2.75, 3.05) is 13.6 Å². The molecule has 2 nitrogen and oxygen atoms in total. The van der Waals surface area contributed by atoms with Gasteiger partial charge in [-0.3, -0.25) is 4.90 Å². The summed E-state index contributed by atoms with van der Waals surface area (Å²) >= 11 is 0. The molecule has 18 heavy (non-hydrogen) atoms. The second kappa shape index (κ2) is 5.92. The highest BCUT2D eigenvalue weighted by Gasteiger charge is 2.47. The lowest BCUT2D eigenvalue weighted by Gasteiger charge is -2.56. The van der Waals surface area contributed by atoms with Gasteiger partial charge in [-0.2, -0.15) is 0 Å². The lowest BCUT2D eigenvalue weighted by Crippen LogP contribution is -2.65. The molecule has 0 heterocycles. The summed E-state index contributed by atoms with van der Waals surface area (Å²) in [6.07, 6.45) is 6.51. The van der Waals surface area contributed by atoms with Crippen LogP contribution in [0.15, 0.2) is 0 Å². The molecular formula is C16H34N2. The smallest absolute Gasteiger partial charge is 0.0364 e. The van der Waals surface area contributed by atoms with Gasteiger partial charge in [0.05, 0.1) is 0 Å². The minimum absolute atomic E-state index is 0.214. The first-order valence-corrected chi connectivity index (χ1v) is 7.76. The molecule has 0 aromatic carbocycles. The van der Waals surface area contributed by atoms with Gasteiger partial charge >= 0.3 is 0 Å². The van der Waals surface area contributed by atoms with Gasteiger partial charge in [0.1, 0.15) is 0 Å². The Morgan fingerprint density at radius 3 is 2.39 bits per heavy atom. The third-order valence-corrected chi connectivity index (χ3v) is 5.66. The Labute approximate surface area is 114 Å². The van der Waals surface area contributed by atoms with Gasteiger partial charge in [-0.15, -0.1) is 0 Å². The summed E-state index contributed by atoms with van der Waals surface area (Å²) in [5, 5.41) is 0. The van der Waals surface area contributed by atoms with E-state index in [1.165, 1.54) is 32.1 Å². The van der Waals surface area contributed by atoms with Crippen LogP contribution in [-0.2, 0) is 0 Å². The minimum atomic E-state index is 0.214. The van der Waals surface area contributed by atoms with E-state index in [1.54, 1.807) is 0 Å². The van der Waals surface area contributed by atoms with Crippen LogP contribution in [0.25, 0.3) is 0 Å². The van der Waals surface area contributed by atoms with E-state index in [2.05, 4.69) is 46.6 Å². The number of hydrogen-bond acceptors (Lipinski definition) is 2. The fourth-order valence-electron chi connectivity index (χ4n) is 3.85. The van der Waals surface area contributed by atoms with Gasteiger partial charge in [-0.25, -0.2) is 0 Å². The van der Waals surface area contributed by atoms with Crippen molar-refractivity contribution in [2.24, 2.45) is 17.6 Å². The molecular weight excluding hydrogens is 220 g/mol. The van der Waals surface area contributed by atoms with Crippen molar-refractivity contribution in [1.82, 2.24) is 4.90 Å². The molecule has 2 heteroatoms. The molecule has 0 amide bonds. The summed E-state index contributed by atoms with van der Waals surface area (Å²) < 4.78 is 0. The highest BCUT2D eigenvalue weighted by Crippen LogP contribution is 2.44. The van der Waals surface area contributed by atoms with Gasteiger partial charge in [0.25, 0.3) is 0 Å². The normalized spacial score (nSPS) is 30.2. The summed E-state index contributed by atoms with van der Waals surface area (Å²) in [5.41, 5.74) is 6.73. The van der Waals surface area contributed by atoms with Crippen molar-refractivity contribution in [3.8, 4) is 0 Å². The van der Waals surface area contributed by atoms with Crippen LogP contribution in [0.4, 0.5) is 0 Å². The molecule has 0 aliphatic heterocycles. The summed E-state index contributed by atoms with van der Waals surface area (Å²) in [5.74, 6) is 1.47. The Kier molecular flexibility index (Phi) is 5.25. The molecule has 0 saturated heterocycles. The highest BCUT2D eigenvalue weighted by atomic mass is 15.2. The lowest BCUT2D eigenvalue weighted by atomic mass is 9.66. The van der Waals surface area contributed by atoms with Crippen LogP contribution in [0.2, 0.25) is 0 Å². The molecule has 2 N–H and O–H groups in total. The monoisotopic (exact) mass is 254 g/mol. The Bertz CT molecular complexity index is 260. The van der Waals surface area contributed by atoms with Crippen molar-refractivity contribution in [1.29, 1.82) is 0 Å². The van der Waals surface area contributed by atoms with Crippen molar-refractivity contribution < 1.29 is 0 Å². The van der Waals surface area contributed by atoms with E-state index in [-0.39, 0.29) is 11.1 Å². The molecule has 1 aliphatic carbocycles. The van der Waals surface area contributed by atoms with E-state index in [9.17, 15) is 0 Å². The summed E-state index contributed by atoms with van der Waals surface area (Å²) in [7, 11) is 2.30. The summed E-state index contributed by atoms with van der Waals surface area (Å²) in [6, 6.07) is 0. The van der Waals surface area contributed by atoms with Crippen LogP contribution in [0.5, 0.6) is 0 Å². The molecule has 0 spiro atoms. The van der Waals surface area contributed by atoms with Crippen LogP contribution in [0, 0.1) is 11.8 Å². The first-order valence-electron chi connectivity index (χ1n) is 7.76. The maximum atomic E-state index is 6.28. The Morgan fingerprint density at radius 2 is 1.94 bits per heavy atom. The average molecular weight is 254 g/mol. The Hall–Kier alpha value is -0.0800. The SMILES string of the molecule is CCC(C)(C)N(C)C1(CN)CCCCC1C(C)C. The van der Waals surface area contributed by atoms with Crippen molar-refractivity contribution in [2.45, 2.75) is 77.8 Å². The molecule has 2 unspecified atom stereocenters. The molecule has 108 valence electrons. The van der Waals surface area contributed by atoms with Gasteiger partial charge in [0, 0.05) is 17.6 Å². The highest BCUT2D eigenvalue weighted by molar-refractivity contribution is 5.03. The first-order chi connectivity index (χ1) is 8.31. The van der Waals surface area contributed by atoms with Crippen LogP contribution < -0.4 is 5.73 Å². The molecule has 0 aromatic rings. The van der Waals surface area contributed by atoms with Crippen molar-refractivity contribution >= 4 is 0 Å². The van der Waals surface area contributed by atoms with Crippen LogP contribution >= 0.6 is 0 Å². The largest absolute Gasteiger partial charge is 0.329 e. The molecule has 0 aromatic heterocycles. The van der Waals surface area contributed by atoms with E-state index in [0.29, 0.717) is 0 Å². The lowest BCUT2D eigenvalue weighted by molar-refractivity contribution is -0.0539. The maximum Gasteiger partial charge on any atom is 0.0364 e. The topological polar surface area (TPSA) is 29.3 Å². The van der Waals surface area contributed by atoms with E-state index in [4.69, 9.17) is 5.73 Å². The summed E-state index contributed by atoms with van der Waals surface area (Å²) in [4.78, 5) is 2.61. The second-order valence-corrected chi connectivity index (χ2v) is 7.13. The molecule has 0 bridgehead atoms. The van der Waals surface area contributed by atoms with Crippen LogP contribution in [0.3, 0.4) is 0 Å². The summed E-state index contributed by atoms with van der Waals surface area (Å²) in [6.45, 7) is 12.5. The van der Waals surface area contributed by atoms with E-state index in [0.717, 1.165) is 18.4 Å². The van der Waals surface area contributed by atoms with Gasteiger partial charge < -0.3 is 5.73 Å². The molecule has 1 saturated carbocycles. The zero-order valence-corrected chi connectivity index (χ0v) is 13.4. The van der Waals surface area contributed by atoms with E-state index in [1.807, 2.05) is 0 Å². The second-order valence-electron chi connectivity index (χ2n) is 7.13. The van der Waals surface area contributed by atoms with Gasteiger partial charge in [-0.05, 0) is 52.0 Å². The number of likely N-dealkylation sites (N-methyl/N-ethyl adjacent to an activating group) is 1. The number of rotatable bonds is 5. The van der Waals surface area contributed by atoms with Crippen LogP contribution in [-0.4, -0.2) is 29.6 Å². The Morgan fingerprint density at radius 1 is 1.33 bits per heavy atom. The van der Waals surface area contributed by atoms with E-state index < -0.39 is 0 Å². The third-order valence-electron chi connectivity index (χ3n) is 5.66. The predicted octanol–water partition coefficient (Wildman–Crippen LogP) is 3.65. The predicted molar refractivity (Wildman–Crippen MR) is 80.7 cm³/mol. The standard InChI is InChI=1S/C16H34N2/c1-7-15(4,5)18(6)16(12-17)11-9-8-10-14(16)13(2)3/h13-14H,7-12,17H2,1-6H3. The molecule has 1 aliphatic rings. The Balaban J connectivity index is 3.07. The van der Waals surface area contributed by atoms with Gasteiger partial charge in [0.2, 0.25) is 0 Å².